The summed E-state index contributed by atoms with van der Waals surface area (Å²) in [6.45, 7) is 2.87. The minimum Gasteiger partial charge on any atom is -0.323 e. The van der Waals surface area contributed by atoms with Gasteiger partial charge < -0.3 is 10.6 Å². The molecule has 3 nitrogen and oxygen atoms in total. The Hall–Kier alpha value is -0.390. The highest BCUT2D eigenvalue weighted by molar-refractivity contribution is 9.11. The number of hydrogen-bond acceptors (Lipinski definition) is 2. The summed E-state index contributed by atoms with van der Waals surface area (Å²) in [5.74, 6) is 0.0326. The van der Waals surface area contributed by atoms with Crippen LogP contribution in [0.3, 0.4) is 0 Å². The molecule has 0 spiro atoms. The van der Waals surface area contributed by atoms with Crippen LogP contribution < -0.4 is 10.6 Å². The molecule has 1 aliphatic heterocycles. The third-order valence-corrected chi connectivity index (χ3v) is 4.45. The number of carbonyl (C=O) groups excluding carboxylic acids is 1. The lowest BCUT2D eigenvalue weighted by Crippen LogP contribution is -2.54. The molecule has 1 aliphatic rings. The smallest absolute Gasteiger partial charge is 0.244 e. The van der Waals surface area contributed by atoms with Gasteiger partial charge in [-0.1, -0.05) is 15.9 Å². The first-order chi connectivity index (χ1) is 8.51. The van der Waals surface area contributed by atoms with Crippen molar-refractivity contribution in [3.05, 3.63) is 27.1 Å². The van der Waals surface area contributed by atoms with Gasteiger partial charge in [-0.25, -0.2) is 0 Å². The zero-order chi connectivity index (χ0) is 13.2. The normalized spacial score (nSPS) is 23.7. The fraction of sp³-hybridized carbons (Fsp3) is 0.462. The molecule has 98 valence electrons. The van der Waals surface area contributed by atoms with Gasteiger partial charge in [-0.2, -0.15) is 0 Å². The Bertz CT molecular complexity index is 456. The summed E-state index contributed by atoms with van der Waals surface area (Å²) in [6, 6.07) is 5.72. The molecular formula is C13H16Br2N2O. The van der Waals surface area contributed by atoms with E-state index >= 15 is 0 Å². The van der Waals surface area contributed by atoms with Gasteiger partial charge in [-0.15, -0.1) is 0 Å². The van der Waals surface area contributed by atoms with Crippen LogP contribution in [-0.4, -0.2) is 18.0 Å². The molecule has 1 fully saturated rings. The van der Waals surface area contributed by atoms with Crippen molar-refractivity contribution in [2.24, 2.45) is 0 Å². The van der Waals surface area contributed by atoms with Gasteiger partial charge in [0.25, 0.3) is 0 Å². The van der Waals surface area contributed by atoms with Gasteiger partial charge >= 0.3 is 0 Å². The van der Waals surface area contributed by atoms with E-state index < -0.39 is 5.54 Å². The second-order valence-electron chi connectivity index (χ2n) is 4.79. The van der Waals surface area contributed by atoms with E-state index in [1.807, 2.05) is 25.1 Å². The van der Waals surface area contributed by atoms with E-state index in [1.165, 1.54) is 0 Å². The minimum absolute atomic E-state index is 0.0326. The molecule has 1 aromatic carbocycles. The van der Waals surface area contributed by atoms with E-state index in [9.17, 15) is 4.79 Å². The van der Waals surface area contributed by atoms with Crippen LogP contribution in [0.25, 0.3) is 0 Å². The summed E-state index contributed by atoms with van der Waals surface area (Å²) in [6.07, 6.45) is 3.12. The van der Waals surface area contributed by atoms with Crippen molar-refractivity contribution in [2.75, 3.05) is 11.9 Å². The van der Waals surface area contributed by atoms with Crippen LogP contribution in [-0.2, 0) is 4.79 Å². The van der Waals surface area contributed by atoms with E-state index in [4.69, 9.17) is 0 Å². The van der Waals surface area contributed by atoms with E-state index in [-0.39, 0.29) is 5.91 Å². The summed E-state index contributed by atoms with van der Waals surface area (Å²) in [4.78, 5) is 12.3. The van der Waals surface area contributed by atoms with Crippen molar-refractivity contribution in [2.45, 2.75) is 31.7 Å². The second-order valence-corrected chi connectivity index (χ2v) is 6.56. The van der Waals surface area contributed by atoms with E-state index in [1.54, 1.807) is 0 Å². The fourth-order valence-electron chi connectivity index (χ4n) is 2.10. The maximum absolute atomic E-state index is 12.3. The number of amides is 1. The second kappa shape index (κ2) is 5.72. The molecule has 5 heteroatoms. The lowest BCUT2D eigenvalue weighted by Gasteiger charge is -2.33. The Labute approximate surface area is 124 Å². The quantitative estimate of drug-likeness (QED) is 0.827. The van der Waals surface area contributed by atoms with Gasteiger partial charge in [0.1, 0.15) is 0 Å². The first-order valence-electron chi connectivity index (χ1n) is 6.03. The molecule has 1 amide bonds. The van der Waals surface area contributed by atoms with Gasteiger partial charge in [0.05, 0.1) is 11.2 Å². The summed E-state index contributed by atoms with van der Waals surface area (Å²) < 4.78 is 1.86. The molecule has 0 aliphatic carbocycles. The van der Waals surface area contributed by atoms with Crippen LogP contribution in [0, 0.1) is 0 Å². The van der Waals surface area contributed by atoms with Crippen molar-refractivity contribution >= 4 is 43.5 Å². The highest BCUT2D eigenvalue weighted by Crippen LogP contribution is 2.28. The Balaban J connectivity index is 2.11. The topological polar surface area (TPSA) is 41.1 Å². The third kappa shape index (κ3) is 3.13. The number of benzene rings is 1. The molecule has 18 heavy (non-hydrogen) atoms. The van der Waals surface area contributed by atoms with Crippen molar-refractivity contribution in [1.82, 2.24) is 5.32 Å². The molecule has 2 rings (SSSR count). The number of carbonyl (C=O) groups is 1. The molecule has 0 radical (unpaired) electrons. The number of anilines is 1. The Morgan fingerprint density at radius 2 is 2.17 bits per heavy atom. The van der Waals surface area contributed by atoms with Crippen LogP contribution in [0.2, 0.25) is 0 Å². The number of halogens is 2. The van der Waals surface area contributed by atoms with Crippen molar-refractivity contribution in [3.8, 4) is 0 Å². The monoisotopic (exact) mass is 374 g/mol. The molecule has 1 saturated heterocycles. The molecule has 1 heterocycles. The van der Waals surface area contributed by atoms with Crippen molar-refractivity contribution in [3.63, 3.8) is 0 Å². The number of nitrogens with one attached hydrogen (secondary N) is 2. The first-order valence-corrected chi connectivity index (χ1v) is 7.61. The Morgan fingerprint density at radius 3 is 2.78 bits per heavy atom. The van der Waals surface area contributed by atoms with Crippen molar-refractivity contribution < 1.29 is 4.79 Å². The fourth-order valence-corrected chi connectivity index (χ4v) is 3.25. The molecule has 0 saturated carbocycles. The van der Waals surface area contributed by atoms with Gasteiger partial charge in [0.15, 0.2) is 0 Å². The average Bonchev–Trinajstić information content (AvgIpc) is 2.33. The molecular weight excluding hydrogens is 360 g/mol. The van der Waals surface area contributed by atoms with E-state index in [0.29, 0.717) is 0 Å². The highest BCUT2D eigenvalue weighted by atomic mass is 79.9. The SMILES string of the molecule is CC1(C(=O)Nc2ccc(Br)cc2Br)CCCCN1. The number of piperidine rings is 1. The lowest BCUT2D eigenvalue weighted by molar-refractivity contribution is -0.122. The zero-order valence-electron chi connectivity index (χ0n) is 10.2. The van der Waals surface area contributed by atoms with Crippen LogP contribution in [0.5, 0.6) is 0 Å². The maximum Gasteiger partial charge on any atom is 0.244 e. The molecule has 2 N–H and O–H groups in total. The van der Waals surface area contributed by atoms with Gasteiger partial charge in [-0.05, 0) is 66.9 Å². The molecule has 0 bridgehead atoms. The number of hydrogen-bond donors (Lipinski definition) is 2. The number of rotatable bonds is 2. The van der Waals surface area contributed by atoms with Crippen LogP contribution in [0.4, 0.5) is 5.69 Å². The zero-order valence-corrected chi connectivity index (χ0v) is 13.4. The molecule has 1 aromatic rings. The lowest BCUT2D eigenvalue weighted by atomic mass is 9.90. The van der Waals surface area contributed by atoms with Gasteiger partial charge in [0.2, 0.25) is 5.91 Å². The highest BCUT2D eigenvalue weighted by Gasteiger charge is 2.34. The molecule has 1 unspecified atom stereocenters. The standard InChI is InChI=1S/C13H16Br2N2O/c1-13(6-2-3-7-16-13)12(18)17-11-5-4-9(14)8-10(11)15/h4-5,8,16H,2-3,6-7H2,1H3,(H,17,18). The van der Waals surface area contributed by atoms with Crippen LogP contribution in [0.15, 0.2) is 27.1 Å². The Kier molecular flexibility index (Phi) is 4.45. The van der Waals surface area contributed by atoms with Crippen LogP contribution in [0.1, 0.15) is 26.2 Å². The summed E-state index contributed by atoms with van der Waals surface area (Å²) in [5.41, 5.74) is 0.349. The van der Waals surface area contributed by atoms with E-state index in [2.05, 4.69) is 42.5 Å². The molecule has 0 aromatic heterocycles. The maximum atomic E-state index is 12.3. The predicted octanol–water partition coefficient (Wildman–Crippen LogP) is 3.68. The summed E-state index contributed by atoms with van der Waals surface area (Å²) in [7, 11) is 0. The largest absolute Gasteiger partial charge is 0.323 e. The third-order valence-electron chi connectivity index (χ3n) is 3.30. The Morgan fingerprint density at radius 1 is 1.39 bits per heavy atom. The van der Waals surface area contributed by atoms with Crippen LogP contribution >= 0.6 is 31.9 Å². The van der Waals surface area contributed by atoms with Crippen molar-refractivity contribution in [1.29, 1.82) is 0 Å². The molecule has 1 atom stereocenters. The van der Waals surface area contributed by atoms with E-state index in [0.717, 1.165) is 40.4 Å². The summed E-state index contributed by atoms with van der Waals surface area (Å²) >= 11 is 6.85. The summed E-state index contributed by atoms with van der Waals surface area (Å²) in [5, 5.41) is 6.29. The predicted molar refractivity (Wildman–Crippen MR) is 80.7 cm³/mol. The first kappa shape index (κ1) is 14.0. The average molecular weight is 376 g/mol. The van der Waals surface area contributed by atoms with Gasteiger partial charge in [0, 0.05) is 8.95 Å². The minimum atomic E-state index is -0.454. The van der Waals surface area contributed by atoms with Gasteiger partial charge in [-0.3, -0.25) is 4.79 Å².